The summed E-state index contributed by atoms with van der Waals surface area (Å²) in [6.07, 6.45) is 3.94. The summed E-state index contributed by atoms with van der Waals surface area (Å²) in [6.45, 7) is -0.339. The van der Waals surface area contributed by atoms with Gasteiger partial charge in [-0.25, -0.2) is 4.79 Å². The van der Waals surface area contributed by atoms with Crippen LogP contribution in [0.5, 0.6) is 5.75 Å². The lowest BCUT2D eigenvalue weighted by molar-refractivity contribution is -0.142. The number of thioether (sulfide) groups is 1. The molecule has 3 rings (SSSR count). The molecule has 11 nitrogen and oxygen atoms in total. The van der Waals surface area contributed by atoms with Crippen molar-refractivity contribution in [2.75, 3.05) is 18.6 Å². The largest absolute Gasteiger partial charge is 0.508 e. The third-order valence-corrected chi connectivity index (χ3v) is 6.81. The molecule has 208 valence electrons. The van der Waals surface area contributed by atoms with Crippen molar-refractivity contribution in [1.29, 1.82) is 0 Å². The highest BCUT2D eigenvalue weighted by atomic mass is 32.2. The van der Waals surface area contributed by atoms with Gasteiger partial charge in [0.1, 0.15) is 23.9 Å². The second-order valence-corrected chi connectivity index (χ2v) is 9.99. The predicted molar refractivity (Wildman–Crippen MR) is 149 cm³/mol. The van der Waals surface area contributed by atoms with Crippen LogP contribution in [0, 0.1) is 0 Å². The number of amides is 3. The van der Waals surface area contributed by atoms with Crippen LogP contribution in [0.1, 0.15) is 17.5 Å². The van der Waals surface area contributed by atoms with Gasteiger partial charge in [0, 0.05) is 29.9 Å². The first-order valence-electron chi connectivity index (χ1n) is 12.4. The number of hydrogen-bond donors (Lipinski definition) is 7. The van der Waals surface area contributed by atoms with Crippen molar-refractivity contribution in [1.82, 2.24) is 20.9 Å². The van der Waals surface area contributed by atoms with Crippen LogP contribution in [-0.4, -0.2) is 75.6 Å². The molecule has 39 heavy (non-hydrogen) atoms. The molecule has 0 aliphatic carbocycles. The Bertz CT molecular complexity index is 1300. The summed E-state index contributed by atoms with van der Waals surface area (Å²) in [7, 11) is 0. The van der Waals surface area contributed by atoms with Crippen molar-refractivity contribution in [2.24, 2.45) is 5.73 Å². The molecular weight excluding hydrogens is 522 g/mol. The number of nitrogens with two attached hydrogens (primary N) is 1. The van der Waals surface area contributed by atoms with Gasteiger partial charge in [-0.1, -0.05) is 30.3 Å². The quantitative estimate of drug-likeness (QED) is 0.153. The number of aromatic nitrogens is 1. The molecule has 3 unspecified atom stereocenters. The minimum atomic E-state index is -1.17. The van der Waals surface area contributed by atoms with Crippen LogP contribution in [0.25, 0.3) is 10.9 Å². The Morgan fingerprint density at radius 1 is 0.923 bits per heavy atom. The maximum atomic E-state index is 13.4. The van der Waals surface area contributed by atoms with Crippen molar-refractivity contribution in [3.8, 4) is 5.75 Å². The zero-order valence-electron chi connectivity index (χ0n) is 21.5. The van der Waals surface area contributed by atoms with Crippen molar-refractivity contribution in [2.45, 2.75) is 37.4 Å². The molecule has 1 heterocycles. The number of para-hydroxylation sites is 1. The van der Waals surface area contributed by atoms with Crippen LogP contribution in [0.3, 0.4) is 0 Å². The molecule has 3 atom stereocenters. The van der Waals surface area contributed by atoms with E-state index in [0.29, 0.717) is 11.3 Å². The second kappa shape index (κ2) is 14.2. The highest BCUT2D eigenvalue weighted by Gasteiger charge is 2.30. The molecule has 0 radical (unpaired) electrons. The van der Waals surface area contributed by atoms with E-state index in [1.54, 1.807) is 18.3 Å². The number of phenols is 1. The Balaban J connectivity index is 1.87. The predicted octanol–water partition coefficient (Wildman–Crippen LogP) is 0.910. The molecule has 0 aliphatic rings. The fraction of sp³-hybridized carbons (Fsp3) is 0.333. The Morgan fingerprint density at radius 2 is 1.56 bits per heavy atom. The van der Waals surface area contributed by atoms with E-state index in [0.717, 1.165) is 16.5 Å². The average Bonchev–Trinajstić information content (AvgIpc) is 3.33. The van der Waals surface area contributed by atoms with Crippen LogP contribution < -0.4 is 21.7 Å². The number of aromatic hydroxyl groups is 1. The third-order valence-electron chi connectivity index (χ3n) is 6.17. The minimum absolute atomic E-state index is 0.0515. The van der Waals surface area contributed by atoms with Crippen molar-refractivity contribution >= 4 is 46.4 Å². The number of rotatable bonds is 14. The van der Waals surface area contributed by atoms with E-state index in [9.17, 15) is 29.4 Å². The first-order valence-corrected chi connectivity index (χ1v) is 13.8. The zero-order valence-corrected chi connectivity index (χ0v) is 22.3. The van der Waals surface area contributed by atoms with Crippen molar-refractivity contribution in [3.63, 3.8) is 0 Å². The summed E-state index contributed by atoms with van der Waals surface area (Å²) in [4.78, 5) is 53.8. The van der Waals surface area contributed by atoms with Gasteiger partial charge in [-0.15, -0.1) is 0 Å². The number of aromatic amines is 1. The molecule has 0 fully saturated rings. The highest BCUT2D eigenvalue weighted by molar-refractivity contribution is 7.98. The number of hydrogen-bond acceptors (Lipinski definition) is 7. The number of H-pyrrole nitrogens is 1. The molecule has 2 aromatic carbocycles. The molecule has 0 bridgehead atoms. The standard InChI is InChI=1S/C27H33N5O6S/c1-39-11-10-21(27(37)38)31-26(36)23(13-17-15-29-20-5-3-2-4-19(17)20)32-25(35)22(30-24(34)14-28)12-16-6-8-18(33)9-7-16/h2-9,15,21-23,29,33H,10-14,28H2,1H3,(H,30,34)(H,31,36)(H,32,35)(H,37,38). The summed E-state index contributed by atoms with van der Waals surface area (Å²) in [5.41, 5.74) is 7.71. The maximum absolute atomic E-state index is 13.4. The number of carboxylic acid groups (broad SMARTS) is 1. The summed E-state index contributed by atoms with van der Waals surface area (Å²) in [5.74, 6) is -2.45. The van der Waals surface area contributed by atoms with Gasteiger partial charge in [0.2, 0.25) is 17.7 Å². The SMILES string of the molecule is CSCCC(NC(=O)C(Cc1c[nH]c2ccccc12)NC(=O)C(Cc1ccc(O)cc1)NC(=O)CN)C(=O)O. The first-order chi connectivity index (χ1) is 18.7. The molecule has 3 amide bonds. The van der Waals surface area contributed by atoms with Gasteiger partial charge in [0.15, 0.2) is 0 Å². The monoisotopic (exact) mass is 555 g/mol. The Hall–Kier alpha value is -4.03. The first kappa shape index (κ1) is 29.5. The molecule has 8 N–H and O–H groups in total. The normalized spacial score (nSPS) is 13.3. The summed E-state index contributed by atoms with van der Waals surface area (Å²) >= 11 is 1.46. The van der Waals surface area contributed by atoms with Crippen LogP contribution in [0.4, 0.5) is 0 Å². The molecule has 0 saturated carbocycles. The molecule has 0 aliphatic heterocycles. The molecule has 0 saturated heterocycles. The Morgan fingerprint density at radius 3 is 2.21 bits per heavy atom. The number of carboxylic acids is 1. The number of phenolic OH excluding ortho intramolecular Hbond substituents is 1. The van der Waals surface area contributed by atoms with E-state index in [1.165, 1.54) is 23.9 Å². The van der Waals surface area contributed by atoms with Gasteiger partial charge in [-0.05, 0) is 47.8 Å². The van der Waals surface area contributed by atoms with Crippen LogP contribution in [0.2, 0.25) is 0 Å². The average molecular weight is 556 g/mol. The lowest BCUT2D eigenvalue weighted by Crippen LogP contribution is -2.57. The van der Waals surface area contributed by atoms with Gasteiger partial charge in [-0.3, -0.25) is 14.4 Å². The van der Waals surface area contributed by atoms with Gasteiger partial charge in [0.05, 0.1) is 6.54 Å². The van der Waals surface area contributed by atoms with E-state index in [-0.39, 0.29) is 31.6 Å². The fourth-order valence-corrected chi connectivity index (χ4v) is 4.57. The van der Waals surface area contributed by atoms with Crippen molar-refractivity contribution in [3.05, 3.63) is 65.9 Å². The number of benzene rings is 2. The smallest absolute Gasteiger partial charge is 0.326 e. The van der Waals surface area contributed by atoms with Gasteiger partial charge in [0.25, 0.3) is 0 Å². The summed E-state index contributed by atoms with van der Waals surface area (Å²) in [6, 6.07) is 10.3. The summed E-state index contributed by atoms with van der Waals surface area (Å²) < 4.78 is 0. The van der Waals surface area contributed by atoms with Crippen LogP contribution in [-0.2, 0) is 32.0 Å². The van der Waals surface area contributed by atoms with E-state index < -0.39 is 41.8 Å². The number of carbonyl (C=O) groups is 4. The Kier molecular flexibility index (Phi) is 10.8. The van der Waals surface area contributed by atoms with Gasteiger partial charge < -0.3 is 36.9 Å². The summed E-state index contributed by atoms with van der Waals surface area (Å²) in [5, 5.41) is 27.9. The fourth-order valence-electron chi connectivity index (χ4n) is 4.10. The topological polar surface area (TPSA) is 187 Å². The molecule has 1 aromatic heterocycles. The zero-order chi connectivity index (χ0) is 28.4. The Labute approximate surface area is 229 Å². The minimum Gasteiger partial charge on any atom is -0.508 e. The molecule has 12 heteroatoms. The van der Waals surface area contributed by atoms with E-state index in [2.05, 4.69) is 20.9 Å². The van der Waals surface area contributed by atoms with Crippen molar-refractivity contribution < 1.29 is 29.4 Å². The van der Waals surface area contributed by atoms with E-state index in [4.69, 9.17) is 5.73 Å². The van der Waals surface area contributed by atoms with E-state index >= 15 is 0 Å². The highest BCUT2D eigenvalue weighted by Crippen LogP contribution is 2.20. The number of aliphatic carboxylic acids is 1. The van der Waals surface area contributed by atoms with Crippen LogP contribution in [0.15, 0.2) is 54.7 Å². The number of carbonyl (C=O) groups excluding carboxylic acids is 3. The van der Waals surface area contributed by atoms with Crippen LogP contribution >= 0.6 is 11.8 Å². The molecule has 0 spiro atoms. The number of fused-ring (bicyclic) bond motifs is 1. The lowest BCUT2D eigenvalue weighted by atomic mass is 10.0. The maximum Gasteiger partial charge on any atom is 0.326 e. The second-order valence-electron chi connectivity index (χ2n) is 9.00. The van der Waals surface area contributed by atoms with Gasteiger partial charge >= 0.3 is 5.97 Å². The van der Waals surface area contributed by atoms with E-state index in [1.807, 2.05) is 30.5 Å². The third kappa shape index (κ3) is 8.48. The number of nitrogens with one attached hydrogen (secondary N) is 4. The molecule has 3 aromatic rings. The molecular formula is C27H33N5O6S. The van der Waals surface area contributed by atoms with Gasteiger partial charge in [-0.2, -0.15) is 11.8 Å². The lowest BCUT2D eigenvalue weighted by Gasteiger charge is -2.24.